The van der Waals surface area contributed by atoms with Crippen molar-refractivity contribution in [3.05, 3.63) is 23.7 Å². The smallest absolute Gasteiger partial charge is 0.303 e. The largest absolute Gasteiger partial charge is 0.481 e. The Kier molecular flexibility index (Phi) is 3.96. The molecule has 0 unspecified atom stereocenters. The van der Waals surface area contributed by atoms with Gasteiger partial charge in [0.15, 0.2) is 5.76 Å². The topological polar surface area (TPSA) is 70.8 Å². The molecule has 1 saturated heterocycles. The maximum Gasteiger partial charge on any atom is 0.303 e. The van der Waals surface area contributed by atoms with Gasteiger partial charge in [-0.2, -0.15) is 11.8 Å². The Morgan fingerprint density at radius 2 is 2.22 bits per heavy atom. The molecular formula is C12H15NO4S. The number of carbonyl (C=O) groups is 2. The van der Waals surface area contributed by atoms with Crippen LogP contribution in [0.2, 0.25) is 0 Å². The lowest BCUT2D eigenvalue weighted by atomic mass is 9.96. The van der Waals surface area contributed by atoms with Crippen LogP contribution in [0.4, 0.5) is 0 Å². The van der Waals surface area contributed by atoms with E-state index < -0.39 is 5.97 Å². The number of amides is 1. The first-order chi connectivity index (χ1) is 8.60. The molecule has 1 aromatic rings. The molecule has 1 aromatic heterocycles. The minimum absolute atomic E-state index is 0.0760. The van der Waals surface area contributed by atoms with Gasteiger partial charge in [0.05, 0.1) is 12.2 Å². The fourth-order valence-electron chi connectivity index (χ4n) is 1.98. The van der Waals surface area contributed by atoms with Crippen LogP contribution in [0, 0.1) is 5.92 Å². The Hall–Kier alpha value is -1.43. The number of hydrogen-bond donors (Lipinski definition) is 1. The van der Waals surface area contributed by atoms with Gasteiger partial charge in [0, 0.05) is 19.0 Å². The summed E-state index contributed by atoms with van der Waals surface area (Å²) in [6.45, 7) is 1.01. The van der Waals surface area contributed by atoms with Crippen molar-refractivity contribution in [2.24, 2.45) is 5.92 Å². The summed E-state index contributed by atoms with van der Waals surface area (Å²) >= 11 is 1.63. The third kappa shape index (κ3) is 2.87. The molecule has 2 heterocycles. The molecule has 6 heteroatoms. The lowest BCUT2D eigenvalue weighted by molar-refractivity contribution is -0.139. The molecule has 0 aliphatic carbocycles. The van der Waals surface area contributed by atoms with Crippen molar-refractivity contribution >= 4 is 23.6 Å². The summed E-state index contributed by atoms with van der Waals surface area (Å²) in [7, 11) is 0. The van der Waals surface area contributed by atoms with Crippen LogP contribution in [0.3, 0.4) is 0 Å². The van der Waals surface area contributed by atoms with E-state index in [0.29, 0.717) is 18.8 Å². The van der Waals surface area contributed by atoms with Crippen molar-refractivity contribution < 1.29 is 19.1 Å². The molecule has 98 valence electrons. The van der Waals surface area contributed by atoms with Crippen LogP contribution < -0.4 is 0 Å². The van der Waals surface area contributed by atoms with Gasteiger partial charge in [0.25, 0.3) is 5.91 Å². The number of rotatable bonds is 5. The molecular weight excluding hydrogens is 254 g/mol. The molecule has 1 aliphatic rings. The van der Waals surface area contributed by atoms with E-state index in [4.69, 9.17) is 9.52 Å². The first kappa shape index (κ1) is 13.0. The molecule has 1 fully saturated rings. The number of carboxylic acid groups (broad SMARTS) is 1. The van der Waals surface area contributed by atoms with Gasteiger partial charge >= 0.3 is 5.97 Å². The van der Waals surface area contributed by atoms with Gasteiger partial charge in [-0.05, 0) is 18.4 Å². The molecule has 1 amide bonds. The van der Waals surface area contributed by atoms with Crippen LogP contribution in [-0.2, 0) is 10.5 Å². The molecule has 0 aromatic carbocycles. The number of nitrogens with zero attached hydrogens (tertiary/aromatic N) is 1. The quantitative estimate of drug-likeness (QED) is 0.880. The Bertz CT molecular complexity index is 451. The normalized spacial score (nSPS) is 15.5. The van der Waals surface area contributed by atoms with Gasteiger partial charge < -0.3 is 14.4 Å². The average molecular weight is 269 g/mol. The van der Waals surface area contributed by atoms with E-state index in [1.54, 1.807) is 28.8 Å². The standard InChI is InChI=1S/C12H15NO4S/c1-18-7-9-2-3-10(17-9)12(16)13-5-8(6-13)4-11(14)15/h2-3,8H,4-7H2,1H3,(H,14,15). The molecule has 0 bridgehead atoms. The fourth-order valence-corrected chi connectivity index (χ4v) is 2.42. The van der Waals surface area contributed by atoms with Crippen molar-refractivity contribution in [2.75, 3.05) is 19.3 Å². The number of carboxylic acids is 1. The number of aliphatic carboxylic acids is 1. The Morgan fingerprint density at radius 1 is 1.50 bits per heavy atom. The number of thioether (sulfide) groups is 1. The minimum atomic E-state index is -0.813. The zero-order valence-electron chi connectivity index (χ0n) is 10.1. The van der Waals surface area contributed by atoms with Gasteiger partial charge in [-0.1, -0.05) is 0 Å². The summed E-state index contributed by atoms with van der Waals surface area (Å²) in [6, 6.07) is 3.48. The SMILES string of the molecule is CSCc1ccc(C(=O)N2CC(CC(=O)O)C2)o1. The van der Waals surface area contributed by atoms with Crippen LogP contribution in [0.15, 0.2) is 16.5 Å². The van der Waals surface area contributed by atoms with E-state index in [-0.39, 0.29) is 18.2 Å². The highest BCUT2D eigenvalue weighted by molar-refractivity contribution is 7.97. The van der Waals surface area contributed by atoms with Crippen molar-refractivity contribution in [2.45, 2.75) is 12.2 Å². The Labute approximate surface area is 109 Å². The van der Waals surface area contributed by atoms with Crippen LogP contribution >= 0.6 is 11.8 Å². The zero-order valence-corrected chi connectivity index (χ0v) is 10.9. The monoisotopic (exact) mass is 269 g/mol. The van der Waals surface area contributed by atoms with E-state index in [1.165, 1.54) is 0 Å². The second-order valence-electron chi connectivity index (χ2n) is 4.37. The summed E-state index contributed by atoms with van der Waals surface area (Å²) < 4.78 is 5.43. The van der Waals surface area contributed by atoms with Crippen LogP contribution in [0.1, 0.15) is 22.7 Å². The van der Waals surface area contributed by atoms with E-state index in [1.807, 2.05) is 6.26 Å². The molecule has 1 N–H and O–H groups in total. The fraction of sp³-hybridized carbons (Fsp3) is 0.500. The number of carbonyl (C=O) groups excluding carboxylic acids is 1. The molecule has 0 atom stereocenters. The molecule has 1 aliphatic heterocycles. The van der Waals surface area contributed by atoms with E-state index in [2.05, 4.69) is 0 Å². The van der Waals surface area contributed by atoms with Crippen LogP contribution in [-0.4, -0.2) is 41.2 Å². The maximum absolute atomic E-state index is 12.0. The number of furan rings is 1. The third-order valence-corrected chi connectivity index (χ3v) is 3.44. The van der Waals surface area contributed by atoms with Crippen molar-refractivity contribution in [3.63, 3.8) is 0 Å². The second kappa shape index (κ2) is 5.48. The predicted octanol–water partition coefficient (Wildman–Crippen LogP) is 1.69. The Morgan fingerprint density at radius 3 is 2.83 bits per heavy atom. The van der Waals surface area contributed by atoms with Crippen molar-refractivity contribution in [1.82, 2.24) is 4.90 Å². The predicted molar refractivity (Wildman–Crippen MR) is 67.6 cm³/mol. The molecule has 0 spiro atoms. The van der Waals surface area contributed by atoms with Gasteiger partial charge in [-0.25, -0.2) is 0 Å². The Balaban J connectivity index is 1.87. The maximum atomic E-state index is 12.0. The summed E-state index contributed by atoms with van der Waals surface area (Å²) in [5, 5.41) is 8.63. The van der Waals surface area contributed by atoms with Gasteiger partial charge in [-0.3, -0.25) is 9.59 Å². The average Bonchev–Trinajstić information content (AvgIpc) is 2.71. The lowest BCUT2D eigenvalue weighted by Gasteiger charge is -2.37. The molecule has 0 saturated carbocycles. The molecule has 0 radical (unpaired) electrons. The van der Waals surface area contributed by atoms with Crippen LogP contribution in [0.5, 0.6) is 0 Å². The second-order valence-corrected chi connectivity index (χ2v) is 5.24. The van der Waals surface area contributed by atoms with E-state index in [9.17, 15) is 9.59 Å². The highest BCUT2D eigenvalue weighted by Crippen LogP contribution is 2.23. The van der Waals surface area contributed by atoms with Gasteiger partial charge in [-0.15, -0.1) is 0 Å². The highest BCUT2D eigenvalue weighted by Gasteiger charge is 2.33. The summed E-state index contributed by atoms with van der Waals surface area (Å²) in [5.41, 5.74) is 0. The highest BCUT2D eigenvalue weighted by atomic mass is 32.2. The van der Waals surface area contributed by atoms with Gasteiger partial charge in [0.1, 0.15) is 5.76 Å². The number of hydrogen-bond acceptors (Lipinski definition) is 4. The minimum Gasteiger partial charge on any atom is -0.481 e. The van der Waals surface area contributed by atoms with Gasteiger partial charge in [0.2, 0.25) is 0 Å². The summed E-state index contributed by atoms with van der Waals surface area (Å²) in [6.07, 6.45) is 2.09. The first-order valence-corrected chi connectivity index (χ1v) is 7.08. The number of likely N-dealkylation sites (tertiary alicyclic amines) is 1. The molecule has 5 nitrogen and oxygen atoms in total. The third-order valence-electron chi connectivity index (χ3n) is 2.87. The summed E-state index contributed by atoms with van der Waals surface area (Å²) in [4.78, 5) is 24.1. The summed E-state index contributed by atoms with van der Waals surface area (Å²) in [5.74, 6) is 0.985. The molecule has 2 rings (SSSR count). The van der Waals surface area contributed by atoms with Crippen LogP contribution in [0.25, 0.3) is 0 Å². The lowest BCUT2D eigenvalue weighted by Crippen LogP contribution is -2.50. The first-order valence-electron chi connectivity index (χ1n) is 5.69. The van der Waals surface area contributed by atoms with E-state index in [0.717, 1.165) is 11.5 Å². The van der Waals surface area contributed by atoms with Crippen molar-refractivity contribution in [3.8, 4) is 0 Å². The zero-order chi connectivity index (χ0) is 13.1. The molecule has 18 heavy (non-hydrogen) atoms. The van der Waals surface area contributed by atoms with Crippen molar-refractivity contribution in [1.29, 1.82) is 0 Å². The van der Waals surface area contributed by atoms with E-state index >= 15 is 0 Å².